The van der Waals surface area contributed by atoms with Crippen molar-refractivity contribution in [3.8, 4) is 11.5 Å². The third-order valence-corrected chi connectivity index (χ3v) is 5.62. The Morgan fingerprint density at radius 2 is 1.54 bits per heavy atom. The van der Waals surface area contributed by atoms with E-state index in [0.29, 0.717) is 48.1 Å². The van der Waals surface area contributed by atoms with E-state index in [4.69, 9.17) is 16.3 Å². The maximum absolute atomic E-state index is 12.8. The van der Waals surface area contributed by atoms with Crippen LogP contribution in [0.25, 0.3) is 0 Å². The monoisotopic (exact) mass is 398 g/mol. The molecule has 4 rings (SSSR count). The van der Waals surface area contributed by atoms with Crippen molar-refractivity contribution in [3.05, 3.63) is 53.6 Å². The molecule has 146 valence electrons. The molecule has 2 amide bonds. The Morgan fingerprint density at radius 1 is 0.893 bits per heavy atom. The third kappa shape index (κ3) is 4.30. The van der Waals surface area contributed by atoms with E-state index >= 15 is 0 Å². The van der Waals surface area contributed by atoms with Crippen molar-refractivity contribution >= 4 is 29.1 Å². The summed E-state index contributed by atoms with van der Waals surface area (Å²) in [5.74, 6) is 1.45. The Kier molecular flexibility index (Phi) is 5.53. The number of amides is 2. The van der Waals surface area contributed by atoms with E-state index in [1.165, 1.54) is 0 Å². The van der Waals surface area contributed by atoms with Crippen molar-refractivity contribution in [2.45, 2.75) is 25.7 Å². The molecule has 2 fully saturated rings. The maximum atomic E-state index is 12.8. The van der Waals surface area contributed by atoms with Gasteiger partial charge in [0.1, 0.15) is 5.75 Å². The first kappa shape index (κ1) is 18.8. The topological polar surface area (TPSA) is 58.6 Å². The summed E-state index contributed by atoms with van der Waals surface area (Å²) in [6.07, 6.45) is 3.42. The van der Waals surface area contributed by atoms with Crippen LogP contribution >= 0.6 is 11.6 Å². The number of likely N-dealkylation sites (tertiary alicyclic amines) is 1. The first-order valence-corrected chi connectivity index (χ1v) is 10.1. The summed E-state index contributed by atoms with van der Waals surface area (Å²) in [6, 6.07) is 14.5. The molecule has 0 unspecified atom stereocenters. The van der Waals surface area contributed by atoms with E-state index in [1.807, 2.05) is 35.2 Å². The molecule has 0 aromatic heterocycles. The molecule has 2 aromatic carbocycles. The van der Waals surface area contributed by atoms with E-state index < -0.39 is 0 Å². The third-order valence-electron chi connectivity index (χ3n) is 5.31. The molecular formula is C22H23ClN2O3. The van der Waals surface area contributed by atoms with Gasteiger partial charge in [0.2, 0.25) is 11.8 Å². The number of rotatable bonds is 5. The van der Waals surface area contributed by atoms with Crippen LogP contribution in [-0.2, 0) is 9.59 Å². The zero-order chi connectivity index (χ0) is 19.5. The van der Waals surface area contributed by atoms with Gasteiger partial charge < -0.3 is 15.0 Å². The molecule has 5 nitrogen and oxygen atoms in total. The second-order valence-corrected chi connectivity index (χ2v) is 7.80. The number of ether oxygens (including phenoxy) is 1. The number of carbonyl (C=O) groups excluding carboxylic acids is 2. The number of anilines is 1. The van der Waals surface area contributed by atoms with Crippen LogP contribution in [0.2, 0.25) is 5.02 Å². The average molecular weight is 399 g/mol. The Morgan fingerprint density at radius 3 is 2.21 bits per heavy atom. The second kappa shape index (κ2) is 8.23. The van der Waals surface area contributed by atoms with Crippen molar-refractivity contribution in [3.63, 3.8) is 0 Å². The Hall–Kier alpha value is -2.53. The van der Waals surface area contributed by atoms with Crippen LogP contribution in [0, 0.1) is 11.8 Å². The minimum atomic E-state index is -0.100. The van der Waals surface area contributed by atoms with Gasteiger partial charge in [-0.25, -0.2) is 0 Å². The average Bonchev–Trinajstić information content (AvgIpc) is 3.56. The van der Waals surface area contributed by atoms with Crippen LogP contribution in [0.15, 0.2) is 48.5 Å². The molecule has 2 aromatic rings. The highest BCUT2D eigenvalue weighted by molar-refractivity contribution is 6.32. The number of carbonyl (C=O) groups is 2. The molecule has 1 saturated carbocycles. The predicted molar refractivity (Wildman–Crippen MR) is 109 cm³/mol. The van der Waals surface area contributed by atoms with Crippen molar-refractivity contribution < 1.29 is 14.3 Å². The Balaban J connectivity index is 1.38. The summed E-state index contributed by atoms with van der Waals surface area (Å²) in [6.45, 7) is 1.32. The molecule has 0 atom stereocenters. The van der Waals surface area contributed by atoms with Gasteiger partial charge in [0.05, 0.1) is 10.7 Å². The highest BCUT2D eigenvalue weighted by Crippen LogP contribution is 2.35. The summed E-state index contributed by atoms with van der Waals surface area (Å²) < 4.78 is 5.91. The highest BCUT2D eigenvalue weighted by Gasteiger charge is 2.36. The van der Waals surface area contributed by atoms with Gasteiger partial charge in [-0.15, -0.1) is 0 Å². The van der Waals surface area contributed by atoms with Gasteiger partial charge in [0, 0.05) is 24.9 Å². The van der Waals surface area contributed by atoms with Crippen molar-refractivity contribution in [1.29, 1.82) is 0 Å². The van der Waals surface area contributed by atoms with Crippen LogP contribution in [-0.4, -0.2) is 29.8 Å². The van der Waals surface area contributed by atoms with Gasteiger partial charge in [-0.3, -0.25) is 9.59 Å². The predicted octanol–water partition coefficient (Wildman–Crippen LogP) is 4.72. The number of piperidine rings is 1. The highest BCUT2D eigenvalue weighted by atomic mass is 35.5. The molecule has 6 heteroatoms. The number of hydrogen-bond acceptors (Lipinski definition) is 3. The van der Waals surface area contributed by atoms with Gasteiger partial charge in [-0.05, 0) is 49.9 Å². The summed E-state index contributed by atoms with van der Waals surface area (Å²) in [4.78, 5) is 26.8. The number of nitrogens with one attached hydrogen (secondary N) is 1. The summed E-state index contributed by atoms with van der Waals surface area (Å²) in [7, 11) is 0. The first-order chi connectivity index (χ1) is 13.6. The van der Waals surface area contributed by atoms with E-state index in [2.05, 4.69) is 5.32 Å². The van der Waals surface area contributed by atoms with Gasteiger partial charge in [-0.2, -0.15) is 0 Å². The van der Waals surface area contributed by atoms with Crippen molar-refractivity contribution in [2.75, 3.05) is 18.4 Å². The van der Waals surface area contributed by atoms with Crippen LogP contribution in [0.3, 0.4) is 0 Å². The van der Waals surface area contributed by atoms with Crippen LogP contribution < -0.4 is 10.1 Å². The smallest absolute Gasteiger partial charge is 0.227 e. The molecule has 0 radical (unpaired) electrons. The standard InChI is InChI=1S/C22H23ClN2O3/c23-17-5-1-3-7-19(17)28-20-8-4-2-6-18(20)24-21(26)15-11-13-25(14-12-15)22(27)16-9-10-16/h1-8,15-16H,9-14H2,(H,24,26). The van der Waals surface area contributed by atoms with E-state index in [9.17, 15) is 9.59 Å². The molecule has 0 spiro atoms. The molecule has 1 N–H and O–H groups in total. The van der Waals surface area contributed by atoms with Gasteiger partial charge in [-0.1, -0.05) is 35.9 Å². The Labute approximate surface area is 169 Å². The zero-order valence-corrected chi connectivity index (χ0v) is 16.3. The van der Waals surface area contributed by atoms with Gasteiger partial charge >= 0.3 is 0 Å². The fourth-order valence-corrected chi connectivity index (χ4v) is 3.66. The largest absolute Gasteiger partial charge is 0.454 e. The Bertz CT molecular complexity index is 874. The lowest BCUT2D eigenvalue weighted by atomic mass is 9.95. The summed E-state index contributed by atoms with van der Waals surface area (Å²) in [5, 5.41) is 3.50. The fraction of sp³-hybridized carbons (Fsp3) is 0.364. The van der Waals surface area contributed by atoms with E-state index in [-0.39, 0.29) is 23.7 Å². The van der Waals surface area contributed by atoms with Gasteiger partial charge in [0.25, 0.3) is 0 Å². The molecule has 1 aliphatic carbocycles. The maximum Gasteiger partial charge on any atom is 0.227 e. The molecule has 2 aliphatic rings. The molecule has 1 aliphatic heterocycles. The lowest BCUT2D eigenvalue weighted by Gasteiger charge is -2.31. The van der Waals surface area contributed by atoms with Gasteiger partial charge in [0.15, 0.2) is 5.75 Å². The van der Waals surface area contributed by atoms with Crippen molar-refractivity contribution in [1.82, 2.24) is 4.90 Å². The van der Waals surface area contributed by atoms with Crippen LogP contribution in [0.1, 0.15) is 25.7 Å². The number of nitrogens with zero attached hydrogens (tertiary/aromatic N) is 1. The molecule has 28 heavy (non-hydrogen) atoms. The van der Waals surface area contributed by atoms with E-state index in [1.54, 1.807) is 18.2 Å². The normalized spacial score (nSPS) is 17.2. The molecule has 1 saturated heterocycles. The summed E-state index contributed by atoms with van der Waals surface area (Å²) in [5.41, 5.74) is 0.615. The van der Waals surface area contributed by atoms with Crippen molar-refractivity contribution in [2.24, 2.45) is 11.8 Å². The number of benzene rings is 2. The lowest BCUT2D eigenvalue weighted by Crippen LogP contribution is -2.42. The molecule has 1 heterocycles. The zero-order valence-electron chi connectivity index (χ0n) is 15.6. The first-order valence-electron chi connectivity index (χ1n) is 9.73. The SMILES string of the molecule is O=C(Nc1ccccc1Oc1ccccc1Cl)C1CCN(C(=O)C2CC2)CC1. The number of hydrogen-bond donors (Lipinski definition) is 1. The van der Waals surface area contributed by atoms with E-state index in [0.717, 1.165) is 12.8 Å². The second-order valence-electron chi connectivity index (χ2n) is 7.39. The number of halogens is 1. The summed E-state index contributed by atoms with van der Waals surface area (Å²) >= 11 is 6.18. The molecule has 0 bridgehead atoms. The fourth-order valence-electron chi connectivity index (χ4n) is 3.49. The quantitative estimate of drug-likeness (QED) is 0.792. The minimum Gasteiger partial charge on any atom is -0.454 e. The van der Waals surface area contributed by atoms with Crippen LogP contribution in [0.5, 0.6) is 11.5 Å². The lowest BCUT2D eigenvalue weighted by molar-refractivity contribution is -0.135. The minimum absolute atomic E-state index is 0.0336. The molecular weight excluding hydrogens is 376 g/mol. The number of para-hydroxylation sites is 3. The van der Waals surface area contributed by atoms with Crippen LogP contribution in [0.4, 0.5) is 5.69 Å².